The normalized spacial score (nSPS) is 13.1. The molecule has 0 saturated heterocycles. The van der Waals surface area contributed by atoms with E-state index in [0.29, 0.717) is 12.0 Å². The van der Waals surface area contributed by atoms with Gasteiger partial charge in [-0.2, -0.15) is 0 Å². The number of hydrogen-bond donors (Lipinski definition) is 0. The Kier molecular flexibility index (Phi) is 6.54. The van der Waals surface area contributed by atoms with Gasteiger partial charge >= 0.3 is 0 Å². The van der Waals surface area contributed by atoms with E-state index in [1.54, 1.807) is 11.8 Å². The zero-order chi connectivity index (χ0) is 9.56. The molecule has 12 heavy (non-hydrogen) atoms. The van der Waals surface area contributed by atoms with Crippen LogP contribution < -0.4 is 0 Å². The Labute approximate surface area is 81.0 Å². The van der Waals surface area contributed by atoms with Gasteiger partial charge < -0.3 is 0 Å². The highest BCUT2D eigenvalue weighted by molar-refractivity contribution is 8.13. The van der Waals surface area contributed by atoms with Gasteiger partial charge in [0.05, 0.1) is 11.1 Å². The molecule has 0 saturated carbocycles. The molecular weight excluding hydrogens is 166 g/mol. The summed E-state index contributed by atoms with van der Waals surface area (Å²) in [5, 5.41) is 1.30. The monoisotopic (exact) mass is 187 g/mol. The number of aliphatic imine (C=N–C) groups is 1. The molecule has 0 atom stereocenters. The van der Waals surface area contributed by atoms with Crippen LogP contribution in [-0.4, -0.2) is 17.3 Å². The predicted molar refractivity (Wildman–Crippen MR) is 60.2 cm³/mol. The standard InChI is InChI=1S/C10H21NS/c1-6-9(7-2)11-10(12-5)8(3)4/h8-9H,6-7H2,1-5H3. The molecule has 0 radical (unpaired) electrons. The fraction of sp³-hybridized carbons (Fsp3) is 0.900. The van der Waals surface area contributed by atoms with Crippen LogP contribution >= 0.6 is 11.8 Å². The van der Waals surface area contributed by atoms with Crippen molar-refractivity contribution in [1.29, 1.82) is 0 Å². The van der Waals surface area contributed by atoms with Crippen LogP contribution in [0.3, 0.4) is 0 Å². The fourth-order valence-electron chi connectivity index (χ4n) is 1.09. The van der Waals surface area contributed by atoms with Crippen molar-refractivity contribution in [2.24, 2.45) is 10.9 Å². The molecule has 0 aliphatic rings. The van der Waals surface area contributed by atoms with E-state index in [0.717, 1.165) is 12.8 Å². The van der Waals surface area contributed by atoms with Crippen LogP contribution in [0, 0.1) is 5.92 Å². The summed E-state index contributed by atoms with van der Waals surface area (Å²) < 4.78 is 0. The van der Waals surface area contributed by atoms with Gasteiger partial charge in [0.15, 0.2) is 0 Å². The van der Waals surface area contributed by atoms with Crippen LogP contribution in [0.15, 0.2) is 4.99 Å². The summed E-state index contributed by atoms with van der Waals surface area (Å²) in [6, 6.07) is 0.537. The second kappa shape index (κ2) is 6.53. The molecular formula is C10H21NS. The van der Waals surface area contributed by atoms with Crippen LogP contribution in [0.5, 0.6) is 0 Å². The molecule has 0 fully saturated rings. The van der Waals surface area contributed by atoms with Crippen molar-refractivity contribution in [3.63, 3.8) is 0 Å². The summed E-state index contributed by atoms with van der Waals surface area (Å²) >= 11 is 1.79. The van der Waals surface area contributed by atoms with Crippen molar-refractivity contribution >= 4 is 16.8 Å². The Morgan fingerprint density at radius 1 is 1.25 bits per heavy atom. The summed E-state index contributed by atoms with van der Waals surface area (Å²) in [5.41, 5.74) is 0. The van der Waals surface area contributed by atoms with Crippen molar-refractivity contribution < 1.29 is 0 Å². The molecule has 0 amide bonds. The lowest BCUT2D eigenvalue weighted by atomic mass is 10.2. The van der Waals surface area contributed by atoms with E-state index < -0.39 is 0 Å². The summed E-state index contributed by atoms with van der Waals surface area (Å²) in [5.74, 6) is 0.584. The molecule has 0 rings (SSSR count). The smallest absolute Gasteiger partial charge is 0.0702 e. The fourth-order valence-corrected chi connectivity index (χ4v) is 1.81. The Bertz CT molecular complexity index is 137. The highest BCUT2D eigenvalue weighted by Crippen LogP contribution is 2.13. The van der Waals surface area contributed by atoms with Crippen LogP contribution in [0.25, 0.3) is 0 Å². The molecule has 0 unspecified atom stereocenters. The Morgan fingerprint density at radius 3 is 2.00 bits per heavy atom. The summed E-state index contributed by atoms with van der Waals surface area (Å²) in [7, 11) is 0. The van der Waals surface area contributed by atoms with E-state index in [9.17, 15) is 0 Å². The average Bonchev–Trinajstić information content (AvgIpc) is 2.06. The zero-order valence-electron chi connectivity index (χ0n) is 8.92. The van der Waals surface area contributed by atoms with E-state index in [-0.39, 0.29) is 0 Å². The summed E-state index contributed by atoms with van der Waals surface area (Å²) in [6.07, 6.45) is 4.43. The van der Waals surface area contributed by atoms with E-state index in [1.165, 1.54) is 5.04 Å². The third-order valence-corrected chi connectivity index (χ3v) is 2.95. The quantitative estimate of drug-likeness (QED) is 0.484. The predicted octanol–water partition coefficient (Wildman–Crippen LogP) is 3.59. The second-order valence-electron chi connectivity index (χ2n) is 3.30. The first-order valence-electron chi connectivity index (χ1n) is 4.77. The SMILES string of the molecule is CCC(CC)N=C(SC)C(C)C. The number of rotatable bonds is 4. The lowest BCUT2D eigenvalue weighted by molar-refractivity contribution is 0.628. The summed E-state index contributed by atoms with van der Waals surface area (Å²) in [4.78, 5) is 4.71. The molecule has 2 heteroatoms. The first-order chi connectivity index (χ1) is 5.65. The van der Waals surface area contributed by atoms with Gasteiger partial charge in [-0.15, -0.1) is 11.8 Å². The van der Waals surface area contributed by atoms with Gasteiger partial charge in [0.2, 0.25) is 0 Å². The molecule has 0 aliphatic carbocycles. The van der Waals surface area contributed by atoms with Crippen LogP contribution in [0.1, 0.15) is 40.5 Å². The van der Waals surface area contributed by atoms with Gasteiger partial charge in [0.1, 0.15) is 0 Å². The van der Waals surface area contributed by atoms with Crippen molar-refractivity contribution in [3.8, 4) is 0 Å². The first-order valence-corrected chi connectivity index (χ1v) is 5.99. The third-order valence-electron chi connectivity index (χ3n) is 1.96. The Morgan fingerprint density at radius 2 is 1.75 bits per heavy atom. The third kappa shape index (κ3) is 4.15. The van der Waals surface area contributed by atoms with Gasteiger partial charge in [-0.3, -0.25) is 4.99 Å². The van der Waals surface area contributed by atoms with Gasteiger partial charge in [0.25, 0.3) is 0 Å². The maximum absolute atomic E-state index is 4.71. The van der Waals surface area contributed by atoms with Gasteiger partial charge in [-0.05, 0) is 19.1 Å². The summed E-state index contributed by atoms with van der Waals surface area (Å²) in [6.45, 7) is 8.82. The Hall–Kier alpha value is 0.0200. The van der Waals surface area contributed by atoms with E-state index in [1.807, 2.05) is 0 Å². The molecule has 0 spiro atoms. The second-order valence-corrected chi connectivity index (χ2v) is 4.12. The van der Waals surface area contributed by atoms with Gasteiger partial charge in [-0.1, -0.05) is 27.7 Å². The highest BCUT2D eigenvalue weighted by atomic mass is 32.2. The maximum atomic E-state index is 4.71. The molecule has 0 aromatic heterocycles. The minimum Gasteiger partial charge on any atom is -0.279 e. The van der Waals surface area contributed by atoms with E-state index in [4.69, 9.17) is 4.99 Å². The number of hydrogen-bond acceptors (Lipinski definition) is 2. The van der Waals surface area contributed by atoms with Gasteiger partial charge in [-0.25, -0.2) is 0 Å². The van der Waals surface area contributed by atoms with Crippen molar-refractivity contribution in [2.45, 2.75) is 46.6 Å². The molecule has 0 heterocycles. The van der Waals surface area contributed by atoms with Crippen LogP contribution in [-0.2, 0) is 0 Å². The maximum Gasteiger partial charge on any atom is 0.0702 e. The van der Waals surface area contributed by atoms with Crippen molar-refractivity contribution in [3.05, 3.63) is 0 Å². The minimum absolute atomic E-state index is 0.537. The molecule has 1 nitrogen and oxygen atoms in total. The molecule has 0 N–H and O–H groups in total. The number of thioether (sulfide) groups is 1. The lowest BCUT2D eigenvalue weighted by Gasteiger charge is -2.12. The van der Waals surface area contributed by atoms with Crippen LogP contribution in [0.4, 0.5) is 0 Å². The minimum atomic E-state index is 0.537. The molecule has 0 bridgehead atoms. The van der Waals surface area contributed by atoms with Crippen molar-refractivity contribution in [1.82, 2.24) is 0 Å². The first kappa shape index (κ1) is 12.0. The average molecular weight is 187 g/mol. The van der Waals surface area contributed by atoms with E-state index in [2.05, 4.69) is 34.0 Å². The van der Waals surface area contributed by atoms with Crippen molar-refractivity contribution in [2.75, 3.05) is 6.26 Å². The topological polar surface area (TPSA) is 12.4 Å². The molecule has 0 aromatic carbocycles. The lowest BCUT2D eigenvalue weighted by Crippen LogP contribution is -2.09. The van der Waals surface area contributed by atoms with Crippen LogP contribution in [0.2, 0.25) is 0 Å². The highest BCUT2D eigenvalue weighted by Gasteiger charge is 2.06. The number of nitrogens with zero attached hydrogens (tertiary/aromatic N) is 1. The molecule has 0 aromatic rings. The largest absolute Gasteiger partial charge is 0.279 e. The molecule has 72 valence electrons. The zero-order valence-corrected chi connectivity index (χ0v) is 9.74. The van der Waals surface area contributed by atoms with Gasteiger partial charge in [0, 0.05) is 5.92 Å². The molecule has 0 aliphatic heterocycles. The van der Waals surface area contributed by atoms with E-state index >= 15 is 0 Å². The Balaban J connectivity index is 4.24.